The minimum atomic E-state index is -0.0731. The van der Waals surface area contributed by atoms with E-state index >= 15 is 0 Å². The molecule has 15 heavy (non-hydrogen) atoms. The zero-order valence-electron chi connectivity index (χ0n) is 8.90. The number of aromatic nitrogens is 3. The lowest BCUT2D eigenvalue weighted by Gasteiger charge is -2.06. The highest BCUT2D eigenvalue weighted by molar-refractivity contribution is 5.36. The van der Waals surface area contributed by atoms with Crippen LogP contribution in [-0.2, 0) is 6.42 Å². The fourth-order valence-corrected chi connectivity index (χ4v) is 1.41. The standard InChI is InChI=1S/C10H14N4O/c1-13(2)7-6-8-11-9-4-3-5-10(15)14(9)12-8/h3-5H,6-7H2,1-2H3,(H,11,12). The van der Waals surface area contributed by atoms with Crippen molar-refractivity contribution in [1.29, 1.82) is 0 Å². The van der Waals surface area contributed by atoms with Crippen LogP contribution < -0.4 is 5.56 Å². The summed E-state index contributed by atoms with van der Waals surface area (Å²) in [5.41, 5.74) is 0.604. The maximum atomic E-state index is 11.4. The SMILES string of the molecule is CN(C)CCc1nc2cccc(=O)n2[nH]1. The molecular weight excluding hydrogens is 192 g/mol. The molecule has 0 aromatic carbocycles. The second-order valence-electron chi connectivity index (χ2n) is 3.78. The Bertz CT molecular complexity index is 511. The minimum Gasteiger partial charge on any atom is -0.309 e. The molecule has 2 heterocycles. The van der Waals surface area contributed by atoms with Crippen LogP contribution in [0.3, 0.4) is 0 Å². The molecule has 0 saturated carbocycles. The lowest BCUT2D eigenvalue weighted by molar-refractivity contribution is 0.409. The van der Waals surface area contributed by atoms with Crippen molar-refractivity contribution in [3.05, 3.63) is 34.4 Å². The van der Waals surface area contributed by atoms with Crippen LogP contribution in [0.2, 0.25) is 0 Å². The first-order chi connectivity index (χ1) is 7.16. The maximum Gasteiger partial charge on any atom is 0.271 e. The molecule has 0 aliphatic carbocycles. The molecule has 0 bridgehead atoms. The summed E-state index contributed by atoms with van der Waals surface area (Å²) in [6.07, 6.45) is 0.814. The van der Waals surface area contributed by atoms with E-state index in [0.29, 0.717) is 5.65 Å². The van der Waals surface area contributed by atoms with Crippen LogP contribution >= 0.6 is 0 Å². The number of nitrogens with one attached hydrogen (secondary N) is 1. The topological polar surface area (TPSA) is 53.4 Å². The van der Waals surface area contributed by atoms with Gasteiger partial charge in [-0.05, 0) is 20.2 Å². The maximum absolute atomic E-state index is 11.4. The van der Waals surface area contributed by atoms with E-state index in [4.69, 9.17) is 0 Å². The van der Waals surface area contributed by atoms with E-state index in [1.807, 2.05) is 20.2 Å². The van der Waals surface area contributed by atoms with Crippen molar-refractivity contribution in [1.82, 2.24) is 19.5 Å². The average molecular weight is 206 g/mol. The van der Waals surface area contributed by atoms with Crippen LogP contribution in [0.4, 0.5) is 0 Å². The van der Waals surface area contributed by atoms with Crippen LogP contribution in [0.1, 0.15) is 5.82 Å². The van der Waals surface area contributed by atoms with Crippen LogP contribution in [0, 0.1) is 0 Å². The Kier molecular flexibility index (Phi) is 2.55. The predicted molar refractivity (Wildman–Crippen MR) is 58.1 cm³/mol. The Balaban J connectivity index is 2.31. The molecule has 0 amide bonds. The average Bonchev–Trinajstić information content (AvgIpc) is 2.59. The largest absolute Gasteiger partial charge is 0.309 e. The Morgan fingerprint density at radius 2 is 2.27 bits per heavy atom. The van der Waals surface area contributed by atoms with Gasteiger partial charge < -0.3 is 4.90 Å². The van der Waals surface area contributed by atoms with Gasteiger partial charge in [0.1, 0.15) is 5.82 Å². The predicted octanol–water partition coefficient (Wildman–Crippen LogP) is 0.127. The first-order valence-electron chi connectivity index (χ1n) is 4.88. The van der Waals surface area contributed by atoms with E-state index in [1.54, 1.807) is 6.07 Å². The highest BCUT2D eigenvalue weighted by Crippen LogP contribution is 1.98. The third-order valence-electron chi connectivity index (χ3n) is 2.22. The number of hydrogen-bond acceptors (Lipinski definition) is 3. The third kappa shape index (κ3) is 2.07. The van der Waals surface area contributed by atoms with Crippen molar-refractivity contribution in [2.45, 2.75) is 6.42 Å². The summed E-state index contributed by atoms with van der Waals surface area (Å²) in [4.78, 5) is 17.8. The monoisotopic (exact) mass is 206 g/mol. The van der Waals surface area contributed by atoms with Gasteiger partial charge in [-0.2, -0.15) is 0 Å². The molecule has 0 aliphatic rings. The van der Waals surface area contributed by atoms with Gasteiger partial charge >= 0.3 is 0 Å². The first kappa shape index (κ1) is 9.92. The van der Waals surface area contributed by atoms with Gasteiger partial charge in [0.05, 0.1) is 0 Å². The molecule has 0 unspecified atom stereocenters. The Morgan fingerprint density at radius 3 is 2.93 bits per heavy atom. The third-order valence-corrected chi connectivity index (χ3v) is 2.22. The molecule has 0 radical (unpaired) electrons. The fraction of sp³-hybridized carbons (Fsp3) is 0.400. The number of pyridine rings is 1. The fourth-order valence-electron chi connectivity index (χ4n) is 1.41. The molecule has 2 rings (SSSR count). The highest BCUT2D eigenvalue weighted by Gasteiger charge is 2.03. The molecule has 2 aromatic heterocycles. The number of fused-ring (bicyclic) bond motifs is 1. The summed E-state index contributed by atoms with van der Waals surface area (Å²) in [7, 11) is 4.02. The lowest BCUT2D eigenvalue weighted by Crippen LogP contribution is -2.16. The zero-order valence-corrected chi connectivity index (χ0v) is 8.90. The van der Waals surface area contributed by atoms with Crippen molar-refractivity contribution in [3.63, 3.8) is 0 Å². The summed E-state index contributed by atoms with van der Waals surface area (Å²) in [5.74, 6) is 0.840. The molecule has 0 atom stereocenters. The van der Waals surface area contributed by atoms with Gasteiger partial charge in [-0.25, -0.2) is 9.50 Å². The van der Waals surface area contributed by atoms with Crippen molar-refractivity contribution >= 4 is 5.65 Å². The van der Waals surface area contributed by atoms with E-state index in [2.05, 4.69) is 15.0 Å². The Labute approximate surface area is 87.3 Å². The number of hydrogen-bond donors (Lipinski definition) is 1. The number of rotatable bonds is 3. The number of aromatic amines is 1. The molecule has 2 aromatic rings. The summed E-state index contributed by atoms with van der Waals surface area (Å²) in [5, 5.41) is 2.99. The van der Waals surface area contributed by atoms with E-state index < -0.39 is 0 Å². The first-order valence-corrected chi connectivity index (χ1v) is 4.88. The Morgan fingerprint density at radius 1 is 1.47 bits per heavy atom. The van der Waals surface area contributed by atoms with Crippen molar-refractivity contribution < 1.29 is 0 Å². The number of likely N-dealkylation sites (N-methyl/N-ethyl adjacent to an activating group) is 1. The number of H-pyrrole nitrogens is 1. The molecule has 0 fully saturated rings. The van der Waals surface area contributed by atoms with Gasteiger partial charge in [-0.1, -0.05) is 6.07 Å². The van der Waals surface area contributed by atoms with Gasteiger partial charge in [0.2, 0.25) is 0 Å². The molecule has 5 heteroatoms. The molecule has 0 aliphatic heterocycles. The summed E-state index contributed by atoms with van der Waals surface area (Å²) in [6, 6.07) is 5.05. The van der Waals surface area contributed by atoms with Gasteiger partial charge in [-0.3, -0.25) is 9.89 Å². The van der Waals surface area contributed by atoms with Crippen molar-refractivity contribution in [3.8, 4) is 0 Å². The van der Waals surface area contributed by atoms with Gasteiger partial charge in [0.15, 0.2) is 5.65 Å². The molecule has 1 N–H and O–H groups in total. The molecule has 5 nitrogen and oxygen atoms in total. The summed E-state index contributed by atoms with van der Waals surface area (Å²) >= 11 is 0. The van der Waals surface area contributed by atoms with Gasteiger partial charge in [0.25, 0.3) is 5.56 Å². The highest BCUT2D eigenvalue weighted by atomic mass is 16.1. The summed E-state index contributed by atoms with van der Waals surface area (Å²) in [6.45, 7) is 0.911. The van der Waals surface area contributed by atoms with Crippen molar-refractivity contribution in [2.24, 2.45) is 0 Å². The van der Waals surface area contributed by atoms with E-state index in [-0.39, 0.29) is 5.56 Å². The van der Waals surface area contributed by atoms with Crippen LogP contribution in [0.5, 0.6) is 0 Å². The molecule has 0 saturated heterocycles. The van der Waals surface area contributed by atoms with Crippen LogP contribution in [-0.4, -0.2) is 40.1 Å². The molecule has 80 valence electrons. The summed E-state index contributed by atoms with van der Waals surface area (Å²) < 4.78 is 1.46. The normalized spacial score (nSPS) is 11.4. The second kappa shape index (κ2) is 3.86. The van der Waals surface area contributed by atoms with Gasteiger partial charge in [-0.15, -0.1) is 0 Å². The lowest BCUT2D eigenvalue weighted by atomic mass is 10.4. The van der Waals surface area contributed by atoms with Crippen LogP contribution in [0.25, 0.3) is 5.65 Å². The molecule has 0 spiro atoms. The minimum absolute atomic E-state index is 0.0731. The van der Waals surface area contributed by atoms with Gasteiger partial charge in [0, 0.05) is 19.0 Å². The van der Waals surface area contributed by atoms with E-state index in [9.17, 15) is 4.79 Å². The van der Waals surface area contributed by atoms with Crippen molar-refractivity contribution in [2.75, 3.05) is 20.6 Å². The smallest absolute Gasteiger partial charge is 0.271 e. The zero-order chi connectivity index (χ0) is 10.8. The van der Waals surface area contributed by atoms with E-state index in [1.165, 1.54) is 10.6 Å². The second-order valence-corrected chi connectivity index (χ2v) is 3.78. The van der Waals surface area contributed by atoms with E-state index in [0.717, 1.165) is 18.8 Å². The number of nitrogens with zero attached hydrogens (tertiary/aromatic N) is 3. The molecular formula is C10H14N4O. The quantitative estimate of drug-likeness (QED) is 0.776. The van der Waals surface area contributed by atoms with Crippen LogP contribution in [0.15, 0.2) is 23.0 Å². The Hall–Kier alpha value is -1.62.